The second-order valence-corrected chi connectivity index (χ2v) is 7.20. The van der Waals surface area contributed by atoms with E-state index in [4.69, 9.17) is 4.74 Å². The first-order valence-electron chi connectivity index (χ1n) is 9.69. The van der Waals surface area contributed by atoms with Gasteiger partial charge in [0.2, 0.25) is 5.95 Å². The summed E-state index contributed by atoms with van der Waals surface area (Å²) in [5, 5.41) is 6.09. The van der Waals surface area contributed by atoms with Gasteiger partial charge in [0.1, 0.15) is 11.3 Å². The van der Waals surface area contributed by atoms with Crippen LogP contribution in [0.5, 0.6) is 5.75 Å². The van der Waals surface area contributed by atoms with Gasteiger partial charge in [-0.15, -0.1) is 0 Å². The van der Waals surface area contributed by atoms with Crippen molar-refractivity contribution < 1.29 is 14.3 Å². The fraction of sp³-hybridized carbons (Fsp3) is 0.0870. The van der Waals surface area contributed by atoms with Crippen molar-refractivity contribution in [3.05, 3.63) is 65.5 Å². The Balaban J connectivity index is 1.57. The summed E-state index contributed by atoms with van der Waals surface area (Å²) in [7, 11) is 1.58. The van der Waals surface area contributed by atoms with E-state index in [0.717, 1.165) is 16.8 Å². The molecule has 8 nitrogen and oxygen atoms in total. The highest BCUT2D eigenvalue weighted by atomic mass is 16.5. The predicted molar refractivity (Wildman–Crippen MR) is 120 cm³/mol. The summed E-state index contributed by atoms with van der Waals surface area (Å²) in [6.45, 7) is 1.53. The van der Waals surface area contributed by atoms with Gasteiger partial charge in [-0.1, -0.05) is 12.1 Å². The molecule has 0 atom stereocenters. The standard InChI is InChI=1S/C23H19N5O3/c1-12(29)13-4-3-5-14(10-13)25-23-27-17-7-6-16-20(21(17)28-23)15(22(30)26-16)11-18-19(31-2)8-9-24-18/h3-11,24H,1-2H3,(H,26,30)(H2,25,27,28)/b15-11-. The number of aromatic amines is 2. The molecule has 8 heteroatoms. The van der Waals surface area contributed by atoms with Gasteiger partial charge in [-0.3, -0.25) is 9.59 Å². The number of aromatic nitrogens is 3. The largest absolute Gasteiger partial charge is 0.495 e. The van der Waals surface area contributed by atoms with Crippen molar-refractivity contribution in [2.75, 3.05) is 17.7 Å². The van der Waals surface area contributed by atoms with Crippen LogP contribution >= 0.6 is 0 Å². The Hall–Kier alpha value is -4.33. The molecule has 0 unspecified atom stereocenters. The van der Waals surface area contributed by atoms with Crippen LogP contribution in [0.2, 0.25) is 0 Å². The monoisotopic (exact) mass is 413 g/mol. The van der Waals surface area contributed by atoms with Crippen molar-refractivity contribution in [2.45, 2.75) is 6.92 Å². The number of rotatable bonds is 5. The lowest BCUT2D eigenvalue weighted by molar-refractivity contribution is -0.110. The minimum absolute atomic E-state index is 0.00909. The fourth-order valence-electron chi connectivity index (χ4n) is 3.71. The number of Topliss-reactive ketones (excluding diaryl/α,β-unsaturated/α-hetero) is 1. The van der Waals surface area contributed by atoms with E-state index in [-0.39, 0.29) is 11.7 Å². The van der Waals surface area contributed by atoms with Crippen molar-refractivity contribution in [3.63, 3.8) is 0 Å². The van der Waals surface area contributed by atoms with E-state index < -0.39 is 0 Å². The summed E-state index contributed by atoms with van der Waals surface area (Å²) < 4.78 is 5.34. The fourth-order valence-corrected chi connectivity index (χ4v) is 3.71. The molecular weight excluding hydrogens is 394 g/mol. The Labute approximate surface area is 177 Å². The normalized spacial score (nSPS) is 14.0. The number of benzene rings is 2. The quantitative estimate of drug-likeness (QED) is 0.287. The maximum Gasteiger partial charge on any atom is 0.256 e. The lowest BCUT2D eigenvalue weighted by atomic mass is 10.0. The van der Waals surface area contributed by atoms with Crippen molar-refractivity contribution in [2.24, 2.45) is 0 Å². The highest BCUT2D eigenvalue weighted by Crippen LogP contribution is 2.39. The van der Waals surface area contributed by atoms with Crippen LogP contribution in [0.25, 0.3) is 22.7 Å². The summed E-state index contributed by atoms with van der Waals surface area (Å²) in [6.07, 6.45) is 3.52. The minimum atomic E-state index is -0.203. The molecule has 154 valence electrons. The summed E-state index contributed by atoms with van der Waals surface area (Å²) in [5.74, 6) is 0.951. The van der Waals surface area contributed by atoms with Crippen LogP contribution in [0.4, 0.5) is 17.3 Å². The molecule has 0 saturated heterocycles. The Morgan fingerprint density at radius 3 is 2.87 bits per heavy atom. The number of ether oxygens (including phenoxy) is 1. The third-order valence-corrected chi connectivity index (χ3v) is 5.20. The highest BCUT2D eigenvalue weighted by molar-refractivity contribution is 6.37. The lowest BCUT2D eigenvalue weighted by Crippen LogP contribution is -2.03. The highest BCUT2D eigenvalue weighted by Gasteiger charge is 2.28. The molecule has 2 aromatic carbocycles. The molecule has 0 saturated carbocycles. The van der Waals surface area contributed by atoms with E-state index in [1.807, 2.05) is 24.3 Å². The molecule has 0 bridgehead atoms. The van der Waals surface area contributed by atoms with Crippen LogP contribution in [-0.4, -0.2) is 33.8 Å². The zero-order valence-electron chi connectivity index (χ0n) is 16.9. The lowest BCUT2D eigenvalue weighted by Gasteiger charge is -2.04. The second kappa shape index (κ2) is 7.17. The molecule has 1 amide bonds. The molecule has 4 N–H and O–H groups in total. The third-order valence-electron chi connectivity index (χ3n) is 5.20. The number of fused-ring (bicyclic) bond motifs is 3. The molecule has 0 fully saturated rings. The van der Waals surface area contributed by atoms with Gasteiger partial charge < -0.3 is 25.3 Å². The number of anilines is 3. The maximum atomic E-state index is 12.7. The van der Waals surface area contributed by atoms with Gasteiger partial charge in [-0.25, -0.2) is 4.98 Å². The van der Waals surface area contributed by atoms with Gasteiger partial charge in [-0.2, -0.15) is 0 Å². The Morgan fingerprint density at radius 1 is 1.19 bits per heavy atom. The van der Waals surface area contributed by atoms with Crippen molar-refractivity contribution >= 4 is 51.7 Å². The van der Waals surface area contributed by atoms with Crippen LogP contribution in [0.1, 0.15) is 28.5 Å². The van der Waals surface area contributed by atoms with Gasteiger partial charge in [-0.05, 0) is 43.3 Å². The van der Waals surface area contributed by atoms with E-state index in [0.29, 0.717) is 39.7 Å². The Bertz CT molecular complexity index is 1380. The van der Waals surface area contributed by atoms with Crippen molar-refractivity contribution in [3.8, 4) is 5.75 Å². The minimum Gasteiger partial charge on any atom is -0.495 e. The van der Waals surface area contributed by atoms with Crippen molar-refractivity contribution in [1.82, 2.24) is 15.0 Å². The van der Waals surface area contributed by atoms with E-state index in [2.05, 4.69) is 25.6 Å². The number of ketones is 1. The van der Waals surface area contributed by atoms with Gasteiger partial charge in [0.15, 0.2) is 5.78 Å². The molecular formula is C23H19N5O3. The van der Waals surface area contributed by atoms with E-state index in [9.17, 15) is 9.59 Å². The SMILES string of the molecule is COc1cc[nH]c1/C=C1\C(=O)Nc2ccc3[nH]c(Nc4cccc(C(C)=O)c4)nc3c21. The number of hydrogen-bond acceptors (Lipinski definition) is 5. The van der Waals surface area contributed by atoms with Crippen LogP contribution in [-0.2, 0) is 4.79 Å². The van der Waals surface area contributed by atoms with Gasteiger partial charge in [0.05, 0.1) is 29.6 Å². The van der Waals surface area contributed by atoms with Crippen LogP contribution in [0.15, 0.2) is 48.7 Å². The number of methoxy groups -OCH3 is 1. The molecule has 0 radical (unpaired) electrons. The number of carbonyl (C=O) groups is 2. The first-order chi connectivity index (χ1) is 15.0. The zero-order valence-corrected chi connectivity index (χ0v) is 16.9. The Morgan fingerprint density at radius 2 is 2.06 bits per heavy atom. The zero-order chi connectivity index (χ0) is 21.5. The summed E-state index contributed by atoms with van der Waals surface area (Å²) in [5.41, 5.74) is 5.42. The summed E-state index contributed by atoms with van der Waals surface area (Å²) in [4.78, 5) is 35.3. The van der Waals surface area contributed by atoms with Gasteiger partial charge >= 0.3 is 0 Å². The molecule has 0 aliphatic carbocycles. The Kier molecular flexibility index (Phi) is 4.32. The maximum absolute atomic E-state index is 12.7. The number of H-pyrrole nitrogens is 2. The van der Waals surface area contributed by atoms with Crippen LogP contribution in [0, 0.1) is 0 Å². The predicted octanol–water partition coefficient (Wildman–Crippen LogP) is 4.34. The molecule has 3 heterocycles. The molecule has 1 aliphatic rings. The first-order valence-corrected chi connectivity index (χ1v) is 9.69. The number of nitrogens with one attached hydrogen (secondary N) is 4. The van der Waals surface area contributed by atoms with E-state index >= 15 is 0 Å². The molecule has 0 spiro atoms. The number of hydrogen-bond donors (Lipinski definition) is 4. The molecule has 4 aromatic rings. The average molecular weight is 413 g/mol. The van der Waals surface area contributed by atoms with Crippen molar-refractivity contribution in [1.29, 1.82) is 0 Å². The van der Waals surface area contributed by atoms with E-state index in [1.165, 1.54) is 6.92 Å². The van der Waals surface area contributed by atoms with Crippen LogP contribution in [0.3, 0.4) is 0 Å². The van der Waals surface area contributed by atoms with Gasteiger partial charge in [0, 0.05) is 23.0 Å². The molecule has 2 aromatic heterocycles. The van der Waals surface area contributed by atoms with E-state index in [1.54, 1.807) is 37.6 Å². The van der Waals surface area contributed by atoms with Crippen LogP contribution < -0.4 is 15.4 Å². The topological polar surface area (TPSA) is 112 Å². The molecule has 1 aliphatic heterocycles. The third kappa shape index (κ3) is 3.24. The number of nitrogens with zero attached hydrogens (tertiary/aromatic N) is 1. The summed E-state index contributed by atoms with van der Waals surface area (Å²) in [6, 6.07) is 12.7. The second-order valence-electron chi connectivity index (χ2n) is 7.20. The summed E-state index contributed by atoms with van der Waals surface area (Å²) >= 11 is 0. The number of carbonyl (C=O) groups excluding carboxylic acids is 2. The molecule has 31 heavy (non-hydrogen) atoms. The smallest absolute Gasteiger partial charge is 0.256 e. The number of imidazole rings is 1. The first kappa shape index (κ1) is 18.7. The number of amides is 1. The molecule has 5 rings (SSSR count). The average Bonchev–Trinajstić information content (AvgIpc) is 3.45. The van der Waals surface area contributed by atoms with Gasteiger partial charge in [0.25, 0.3) is 5.91 Å².